The number of hydrogen-bond acceptors (Lipinski definition) is 4. The predicted octanol–water partition coefficient (Wildman–Crippen LogP) is 1.99. The van der Waals surface area contributed by atoms with E-state index in [9.17, 15) is 9.59 Å². The van der Waals surface area contributed by atoms with Crippen molar-refractivity contribution in [2.45, 2.75) is 38.8 Å². The normalized spacial score (nSPS) is 18.8. The Balaban J connectivity index is 1.76. The van der Waals surface area contributed by atoms with E-state index in [1.54, 1.807) is 13.1 Å². The molecule has 1 aromatic rings. The Labute approximate surface area is 124 Å². The molecule has 0 fully saturated rings. The summed E-state index contributed by atoms with van der Waals surface area (Å²) in [6.45, 7) is 1.91. The van der Waals surface area contributed by atoms with Gasteiger partial charge in [-0.2, -0.15) is 0 Å². The Bertz CT molecular complexity index is 514. The molecule has 2 rings (SSSR count). The molecule has 0 aromatic carbocycles. The maximum absolute atomic E-state index is 11.9. The van der Waals surface area contributed by atoms with E-state index in [2.05, 4.69) is 16.4 Å². The highest BCUT2D eigenvalue weighted by Crippen LogP contribution is 2.20. The molecular weight excluding hydrogens is 268 g/mol. The second kappa shape index (κ2) is 7.57. The molecule has 0 saturated carbocycles. The first-order chi connectivity index (χ1) is 10.2. The van der Waals surface area contributed by atoms with Crippen molar-refractivity contribution in [3.8, 4) is 0 Å². The zero-order valence-corrected chi connectivity index (χ0v) is 12.1. The van der Waals surface area contributed by atoms with Gasteiger partial charge in [-0.1, -0.05) is 18.2 Å². The average Bonchev–Trinajstić information content (AvgIpc) is 2.54. The van der Waals surface area contributed by atoms with Crippen molar-refractivity contribution < 1.29 is 14.3 Å². The number of aromatic nitrogens is 1. The average molecular weight is 288 g/mol. The van der Waals surface area contributed by atoms with Crippen molar-refractivity contribution in [1.82, 2.24) is 10.3 Å². The molecule has 5 nitrogen and oxygen atoms in total. The molecule has 1 aromatic heterocycles. The van der Waals surface area contributed by atoms with Crippen LogP contribution in [0.25, 0.3) is 0 Å². The van der Waals surface area contributed by atoms with Crippen LogP contribution >= 0.6 is 0 Å². The fraction of sp³-hybridized carbons (Fsp3) is 0.438. The summed E-state index contributed by atoms with van der Waals surface area (Å²) in [6.07, 6.45) is 7.31. The van der Waals surface area contributed by atoms with Gasteiger partial charge in [-0.25, -0.2) is 0 Å². The van der Waals surface area contributed by atoms with Crippen molar-refractivity contribution in [3.63, 3.8) is 0 Å². The lowest BCUT2D eigenvalue weighted by atomic mass is 9.95. The number of ether oxygens (including phenoxy) is 1. The van der Waals surface area contributed by atoms with Crippen LogP contribution in [-0.2, 0) is 20.9 Å². The Kier molecular flexibility index (Phi) is 5.49. The molecule has 0 aliphatic heterocycles. The third-order valence-corrected chi connectivity index (χ3v) is 3.43. The minimum absolute atomic E-state index is 0.124. The number of amides is 1. The Morgan fingerprint density at radius 3 is 2.95 bits per heavy atom. The van der Waals surface area contributed by atoms with Crippen LogP contribution in [0.15, 0.2) is 36.5 Å². The Morgan fingerprint density at radius 1 is 1.43 bits per heavy atom. The topological polar surface area (TPSA) is 68.3 Å². The minimum Gasteiger partial charge on any atom is -0.452 e. The zero-order chi connectivity index (χ0) is 15.1. The van der Waals surface area contributed by atoms with E-state index in [1.165, 1.54) is 0 Å². The maximum atomic E-state index is 11.9. The van der Waals surface area contributed by atoms with Gasteiger partial charge >= 0.3 is 5.97 Å². The number of carbonyl (C=O) groups excluding carboxylic acids is 2. The number of nitrogens with zero attached hydrogens (tertiary/aromatic N) is 1. The van der Waals surface area contributed by atoms with Crippen LogP contribution in [0.4, 0.5) is 0 Å². The SMILES string of the molecule is C[C@H](OC(=O)[C@@H]1CC=CCC1)C(=O)NCc1ccccn1. The summed E-state index contributed by atoms with van der Waals surface area (Å²) in [7, 11) is 0. The monoisotopic (exact) mass is 288 g/mol. The molecule has 1 heterocycles. The third kappa shape index (κ3) is 4.70. The molecular formula is C16H20N2O3. The van der Waals surface area contributed by atoms with E-state index < -0.39 is 6.10 Å². The highest BCUT2D eigenvalue weighted by atomic mass is 16.5. The molecule has 1 N–H and O–H groups in total. The highest BCUT2D eigenvalue weighted by Gasteiger charge is 2.24. The van der Waals surface area contributed by atoms with Gasteiger partial charge in [-0.3, -0.25) is 14.6 Å². The first-order valence-corrected chi connectivity index (χ1v) is 7.20. The third-order valence-electron chi connectivity index (χ3n) is 3.43. The summed E-state index contributed by atoms with van der Waals surface area (Å²) in [4.78, 5) is 28.0. The van der Waals surface area contributed by atoms with E-state index in [0.29, 0.717) is 13.0 Å². The number of carbonyl (C=O) groups is 2. The number of rotatable bonds is 5. The van der Waals surface area contributed by atoms with Crippen LogP contribution in [0.3, 0.4) is 0 Å². The molecule has 0 unspecified atom stereocenters. The van der Waals surface area contributed by atoms with Gasteiger partial charge in [0.15, 0.2) is 6.10 Å². The molecule has 1 aliphatic rings. The fourth-order valence-electron chi connectivity index (χ4n) is 2.16. The predicted molar refractivity (Wildman–Crippen MR) is 78.1 cm³/mol. The largest absolute Gasteiger partial charge is 0.452 e. The number of allylic oxidation sites excluding steroid dienone is 2. The van der Waals surface area contributed by atoms with Crippen LogP contribution in [0.5, 0.6) is 0 Å². The summed E-state index contributed by atoms with van der Waals surface area (Å²) < 4.78 is 5.23. The van der Waals surface area contributed by atoms with E-state index in [1.807, 2.05) is 24.3 Å². The van der Waals surface area contributed by atoms with Gasteiger partial charge in [0, 0.05) is 6.20 Å². The maximum Gasteiger partial charge on any atom is 0.310 e. The number of hydrogen-bond donors (Lipinski definition) is 1. The van der Waals surface area contributed by atoms with Crippen LogP contribution in [0.1, 0.15) is 31.9 Å². The molecule has 21 heavy (non-hydrogen) atoms. The minimum atomic E-state index is -0.785. The second-order valence-corrected chi connectivity index (χ2v) is 5.10. The van der Waals surface area contributed by atoms with Crippen LogP contribution < -0.4 is 5.32 Å². The number of nitrogens with one attached hydrogen (secondary N) is 1. The molecule has 0 radical (unpaired) electrons. The standard InChI is InChI=1S/C16H20N2O3/c1-12(21-16(20)13-7-3-2-4-8-13)15(19)18-11-14-9-5-6-10-17-14/h2-3,5-6,9-10,12-13H,4,7-8,11H2,1H3,(H,18,19)/t12-,13+/m0/s1. The quantitative estimate of drug-likeness (QED) is 0.664. The van der Waals surface area contributed by atoms with Crippen LogP contribution in [0.2, 0.25) is 0 Å². The molecule has 2 atom stereocenters. The van der Waals surface area contributed by atoms with Gasteiger partial charge in [0.1, 0.15) is 0 Å². The first kappa shape index (κ1) is 15.2. The van der Waals surface area contributed by atoms with Gasteiger partial charge in [0.25, 0.3) is 5.91 Å². The van der Waals surface area contributed by atoms with E-state index in [4.69, 9.17) is 4.74 Å². The molecule has 112 valence electrons. The van der Waals surface area contributed by atoms with Crippen molar-refractivity contribution >= 4 is 11.9 Å². The van der Waals surface area contributed by atoms with Gasteiger partial charge < -0.3 is 10.1 Å². The van der Waals surface area contributed by atoms with Crippen molar-refractivity contribution in [3.05, 3.63) is 42.2 Å². The van der Waals surface area contributed by atoms with Gasteiger partial charge in [0.2, 0.25) is 0 Å². The van der Waals surface area contributed by atoms with E-state index in [0.717, 1.165) is 18.5 Å². The Hall–Kier alpha value is -2.17. The summed E-state index contributed by atoms with van der Waals surface area (Å²) in [6, 6.07) is 5.49. The summed E-state index contributed by atoms with van der Waals surface area (Å²) in [5.74, 6) is -0.721. The molecule has 0 saturated heterocycles. The molecule has 0 bridgehead atoms. The summed E-state index contributed by atoms with van der Waals surface area (Å²) in [5.41, 5.74) is 0.766. The zero-order valence-electron chi connectivity index (χ0n) is 12.1. The van der Waals surface area contributed by atoms with Gasteiger partial charge in [-0.15, -0.1) is 0 Å². The molecule has 0 spiro atoms. The van der Waals surface area contributed by atoms with E-state index in [-0.39, 0.29) is 17.8 Å². The van der Waals surface area contributed by atoms with E-state index >= 15 is 0 Å². The van der Waals surface area contributed by atoms with Crippen molar-refractivity contribution in [1.29, 1.82) is 0 Å². The summed E-state index contributed by atoms with van der Waals surface area (Å²) in [5, 5.41) is 2.71. The lowest BCUT2D eigenvalue weighted by Crippen LogP contribution is -2.37. The molecule has 1 amide bonds. The van der Waals surface area contributed by atoms with Gasteiger partial charge in [0.05, 0.1) is 18.2 Å². The Morgan fingerprint density at radius 2 is 2.29 bits per heavy atom. The fourth-order valence-corrected chi connectivity index (χ4v) is 2.16. The smallest absolute Gasteiger partial charge is 0.310 e. The van der Waals surface area contributed by atoms with Gasteiger partial charge in [-0.05, 0) is 38.3 Å². The lowest BCUT2D eigenvalue weighted by Gasteiger charge is -2.19. The summed E-state index contributed by atoms with van der Waals surface area (Å²) >= 11 is 0. The van der Waals surface area contributed by atoms with Crippen molar-refractivity contribution in [2.75, 3.05) is 0 Å². The van der Waals surface area contributed by atoms with Crippen molar-refractivity contribution in [2.24, 2.45) is 5.92 Å². The number of esters is 1. The number of pyridine rings is 1. The first-order valence-electron chi connectivity index (χ1n) is 7.20. The highest BCUT2D eigenvalue weighted by molar-refractivity contribution is 5.83. The van der Waals surface area contributed by atoms with Crippen LogP contribution in [0, 0.1) is 5.92 Å². The lowest BCUT2D eigenvalue weighted by molar-refractivity contribution is -0.159. The second-order valence-electron chi connectivity index (χ2n) is 5.10. The molecule has 1 aliphatic carbocycles. The molecule has 5 heteroatoms. The van der Waals surface area contributed by atoms with Crippen LogP contribution in [-0.4, -0.2) is 23.0 Å².